The standard InChI is InChI=1S/C16H22O/c17-16-10-6-2-5-9-13(16)15-11-14(15)12-7-3-1-4-8-12/h1,3-4,7-8,13-17H,2,5-6,9-11H2. The van der Waals surface area contributed by atoms with Crippen molar-refractivity contribution in [3.63, 3.8) is 0 Å². The van der Waals surface area contributed by atoms with Crippen molar-refractivity contribution in [1.82, 2.24) is 0 Å². The first-order chi connectivity index (χ1) is 8.36. The van der Waals surface area contributed by atoms with Crippen molar-refractivity contribution >= 4 is 0 Å². The fourth-order valence-corrected chi connectivity index (χ4v) is 3.59. The van der Waals surface area contributed by atoms with Gasteiger partial charge in [0.1, 0.15) is 0 Å². The minimum atomic E-state index is -0.0313. The largest absolute Gasteiger partial charge is 0.393 e. The molecule has 0 amide bonds. The molecule has 0 heterocycles. The van der Waals surface area contributed by atoms with Crippen molar-refractivity contribution in [2.24, 2.45) is 11.8 Å². The van der Waals surface area contributed by atoms with Gasteiger partial charge in [0.05, 0.1) is 6.10 Å². The van der Waals surface area contributed by atoms with Gasteiger partial charge in [-0.1, -0.05) is 49.6 Å². The third-order valence-corrected chi connectivity index (χ3v) is 4.65. The lowest BCUT2D eigenvalue weighted by molar-refractivity contribution is 0.0876. The Bertz CT molecular complexity index is 359. The molecule has 0 radical (unpaired) electrons. The Morgan fingerprint density at radius 1 is 0.882 bits per heavy atom. The van der Waals surface area contributed by atoms with E-state index in [9.17, 15) is 5.11 Å². The zero-order valence-corrected chi connectivity index (χ0v) is 10.4. The number of aliphatic hydroxyl groups excluding tert-OH is 1. The van der Waals surface area contributed by atoms with Crippen LogP contribution in [0, 0.1) is 11.8 Å². The molecular weight excluding hydrogens is 208 g/mol. The van der Waals surface area contributed by atoms with E-state index in [1.807, 2.05) is 0 Å². The van der Waals surface area contributed by atoms with Crippen LogP contribution in [0.3, 0.4) is 0 Å². The summed E-state index contributed by atoms with van der Waals surface area (Å²) in [5.41, 5.74) is 1.48. The zero-order valence-electron chi connectivity index (χ0n) is 10.4. The Morgan fingerprint density at radius 2 is 1.65 bits per heavy atom. The highest BCUT2D eigenvalue weighted by Gasteiger charge is 2.45. The molecule has 0 saturated heterocycles. The molecule has 2 fully saturated rings. The SMILES string of the molecule is OC1CCCCCC1C1CC1c1ccccc1. The number of hydrogen-bond donors (Lipinski definition) is 1. The third-order valence-electron chi connectivity index (χ3n) is 4.65. The van der Waals surface area contributed by atoms with E-state index in [0.29, 0.717) is 5.92 Å². The molecule has 1 nitrogen and oxygen atoms in total. The van der Waals surface area contributed by atoms with Crippen LogP contribution >= 0.6 is 0 Å². The second-order valence-electron chi connectivity index (χ2n) is 5.79. The molecule has 1 heteroatoms. The molecule has 2 saturated carbocycles. The van der Waals surface area contributed by atoms with Crippen LogP contribution in [0.5, 0.6) is 0 Å². The summed E-state index contributed by atoms with van der Waals surface area (Å²) in [5, 5.41) is 10.2. The summed E-state index contributed by atoms with van der Waals surface area (Å²) in [5.74, 6) is 2.06. The molecule has 3 rings (SSSR count). The van der Waals surface area contributed by atoms with Crippen LogP contribution in [0.15, 0.2) is 30.3 Å². The molecule has 1 N–H and O–H groups in total. The van der Waals surface area contributed by atoms with E-state index in [2.05, 4.69) is 30.3 Å². The fraction of sp³-hybridized carbons (Fsp3) is 0.625. The monoisotopic (exact) mass is 230 g/mol. The van der Waals surface area contributed by atoms with Gasteiger partial charge in [-0.05, 0) is 42.6 Å². The van der Waals surface area contributed by atoms with Gasteiger partial charge in [0.15, 0.2) is 0 Å². The molecule has 1 aromatic carbocycles. The fourth-order valence-electron chi connectivity index (χ4n) is 3.59. The smallest absolute Gasteiger partial charge is 0.0571 e. The zero-order chi connectivity index (χ0) is 11.7. The Kier molecular flexibility index (Phi) is 3.19. The predicted octanol–water partition coefficient (Wildman–Crippen LogP) is 3.73. The van der Waals surface area contributed by atoms with Gasteiger partial charge in [-0.2, -0.15) is 0 Å². The molecule has 0 bridgehead atoms. The first-order valence-corrected chi connectivity index (χ1v) is 7.09. The van der Waals surface area contributed by atoms with Gasteiger partial charge in [0, 0.05) is 0 Å². The Hall–Kier alpha value is -0.820. The van der Waals surface area contributed by atoms with Crippen molar-refractivity contribution in [2.75, 3.05) is 0 Å². The summed E-state index contributed by atoms with van der Waals surface area (Å²) >= 11 is 0. The highest BCUT2D eigenvalue weighted by molar-refractivity contribution is 5.26. The molecule has 2 aliphatic rings. The van der Waals surface area contributed by atoms with Crippen LogP contribution in [0.2, 0.25) is 0 Å². The molecule has 4 atom stereocenters. The Morgan fingerprint density at radius 3 is 2.47 bits per heavy atom. The number of benzene rings is 1. The van der Waals surface area contributed by atoms with Gasteiger partial charge in [0.25, 0.3) is 0 Å². The lowest BCUT2D eigenvalue weighted by Crippen LogP contribution is -2.21. The van der Waals surface area contributed by atoms with Crippen molar-refractivity contribution < 1.29 is 5.11 Å². The van der Waals surface area contributed by atoms with Crippen molar-refractivity contribution in [3.05, 3.63) is 35.9 Å². The summed E-state index contributed by atoms with van der Waals surface area (Å²) in [4.78, 5) is 0. The molecule has 1 aromatic rings. The molecular formula is C16H22O. The average molecular weight is 230 g/mol. The van der Waals surface area contributed by atoms with Crippen LogP contribution in [0.4, 0.5) is 0 Å². The van der Waals surface area contributed by atoms with Crippen LogP contribution in [-0.2, 0) is 0 Å². The molecule has 2 aliphatic carbocycles. The van der Waals surface area contributed by atoms with E-state index < -0.39 is 0 Å². The second-order valence-corrected chi connectivity index (χ2v) is 5.79. The van der Waals surface area contributed by atoms with E-state index >= 15 is 0 Å². The summed E-state index contributed by atoms with van der Waals surface area (Å²) in [6, 6.07) is 10.8. The predicted molar refractivity (Wildman–Crippen MR) is 69.9 cm³/mol. The average Bonchev–Trinajstić information content (AvgIpc) is 3.14. The second kappa shape index (κ2) is 4.81. The van der Waals surface area contributed by atoms with E-state index in [1.165, 1.54) is 37.7 Å². The highest BCUT2D eigenvalue weighted by Crippen LogP contribution is 2.54. The van der Waals surface area contributed by atoms with Crippen LogP contribution < -0.4 is 0 Å². The Balaban J connectivity index is 1.67. The molecule has 0 spiro atoms. The van der Waals surface area contributed by atoms with Crippen molar-refractivity contribution in [1.29, 1.82) is 0 Å². The van der Waals surface area contributed by atoms with E-state index in [-0.39, 0.29) is 6.10 Å². The summed E-state index contributed by atoms with van der Waals surface area (Å²) in [7, 11) is 0. The minimum Gasteiger partial charge on any atom is -0.393 e. The number of aliphatic hydroxyl groups is 1. The molecule has 0 aromatic heterocycles. The van der Waals surface area contributed by atoms with Gasteiger partial charge in [-0.3, -0.25) is 0 Å². The van der Waals surface area contributed by atoms with Gasteiger partial charge < -0.3 is 5.11 Å². The molecule has 92 valence electrons. The normalized spacial score (nSPS) is 37.5. The quantitative estimate of drug-likeness (QED) is 0.767. The van der Waals surface area contributed by atoms with Gasteiger partial charge in [-0.15, -0.1) is 0 Å². The summed E-state index contributed by atoms with van der Waals surface area (Å²) in [6.45, 7) is 0. The van der Waals surface area contributed by atoms with Gasteiger partial charge in [0.2, 0.25) is 0 Å². The third kappa shape index (κ3) is 2.40. The van der Waals surface area contributed by atoms with Gasteiger partial charge >= 0.3 is 0 Å². The van der Waals surface area contributed by atoms with Crippen LogP contribution in [0.1, 0.15) is 50.0 Å². The van der Waals surface area contributed by atoms with E-state index in [4.69, 9.17) is 0 Å². The summed E-state index contributed by atoms with van der Waals surface area (Å²) < 4.78 is 0. The van der Waals surface area contributed by atoms with E-state index in [0.717, 1.165) is 18.3 Å². The Labute approximate surface area is 104 Å². The maximum Gasteiger partial charge on any atom is 0.0571 e. The maximum atomic E-state index is 10.2. The number of hydrogen-bond acceptors (Lipinski definition) is 1. The molecule has 4 unspecified atom stereocenters. The molecule has 0 aliphatic heterocycles. The topological polar surface area (TPSA) is 20.2 Å². The summed E-state index contributed by atoms with van der Waals surface area (Å²) in [6.07, 6.45) is 7.40. The minimum absolute atomic E-state index is 0.0313. The van der Waals surface area contributed by atoms with Crippen molar-refractivity contribution in [2.45, 2.75) is 50.5 Å². The molecule has 17 heavy (non-hydrogen) atoms. The van der Waals surface area contributed by atoms with Crippen LogP contribution in [-0.4, -0.2) is 11.2 Å². The lowest BCUT2D eigenvalue weighted by Gasteiger charge is -2.20. The number of rotatable bonds is 2. The van der Waals surface area contributed by atoms with Crippen molar-refractivity contribution in [3.8, 4) is 0 Å². The van der Waals surface area contributed by atoms with E-state index in [1.54, 1.807) is 0 Å². The highest BCUT2D eigenvalue weighted by atomic mass is 16.3. The van der Waals surface area contributed by atoms with Crippen LogP contribution in [0.25, 0.3) is 0 Å². The lowest BCUT2D eigenvalue weighted by atomic mass is 9.90. The van der Waals surface area contributed by atoms with Gasteiger partial charge in [-0.25, -0.2) is 0 Å². The maximum absolute atomic E-state index is 10.2. The first-order valence-electron chi connectivity index (χ1n) is 7.09. The first kappa shape index (κ1) is 11.3.